The van der Waals surface area contributed by atoms with E-state index in [1.165, 1.54) is 0 Å². The second-order valence-electron chi connectivity index (χ2n) is 5.42. The summed E-state index contributed by atoms with van der Waals surface area (Å²) in [5, 5.41) is 11.5. The van der Waals surface area contributed by atoms with Gasteiger partial charge in [-0.3, -0.25) is 9.69 Å². The Hall–Kier alpha value is -1.90. The van der Waals surface area contributed by atoms with E-state index in [1.54, 1.807) is 0 Å². The smallest absolute Gasteiger partial charge is 0.238 e. The Morgan fingerprint density at radius 2 is 2.15 bits per heavy atom. The summed E-state index contributed by atoms with van der Waals surface area (Å²) in [7, 11) is 0. The molecule has 1 heterocycles. The maximum absolute atomic E-state index is 11.9. The molecular formula is C15H20N4O. The molecule has 106 valence electrons. The van der Waals surface area contributed by atoms with E-state index in [2.05, 4.69) is 23.2 Å². The van der Waals surface area contributed by atoms with Gasteiger partial charge >= 0.3 is 0 Å². The van der Waals surface area contributed by atoms with Crippen LogP contribution in [-0.2, 0) is 11.2 Å². The number of rotatable bonds is 4. The summed E-state index contributed by atoms with van der Waals surface area (Å²) in [6.45, 7) is 4.12. The van der Waals surface area contributed by atoms with Gasteiger partial charge in [-0.2, -0.15) is 5.26 Å². The number of carbonyl (C=O) groups is 1. The third-order valence-electron chi connectivity index (χ3n) is 3.63. The van der Waals surface area contributed by atoms with Crippen LogP contribution in [0.1, 0.15) is 12.5 Å². The predicted octanol–water partition coefficient (Wildman–Crippen LogP) is 0.970. The highest BCUT2D eigenvalue weighted by Gasteiger charge is 2.27. The van der Waals surface area contributed by atoms with E-state index in [-0.39, 0.29) is 11.9 Å². The van der Waals surface area contributed by atoms with Gasteiger partial charge in [0.25, 0.3) is 0 Å². The van der Waals surface area contributed by atoms with E-state index in [4.69, 9.17) is 11.0 Å². The average molecular weight is 272 g/mol. The first-order valence-electron chi connectivity index (χ1n) is 6.82. The molecule has 3 N–H and O–H groups in total. The third kappa shape index (κ3) is 3.80. The molecule has 0 aliphatic carbocycles. The van der Waals surface area contributed by atoms with Crippen LogP contribution in [0.2, 0.25) is 0 Å². The van der Waals surface area contributed by atoms with Crippen molar-refractivity contribution in [2.75, 3.05) is 25.0 Å². The summed E-state index contributed by atoms with van der Waals surface area (Å²) in [4.78, 5) is 14.0. The van der Waals surface area contributed by atoms with Crippen LogP contribution in [0.25, 0.3) is 0 Å². The minimum atomic E-state index is -0.0284. The Labute approximate surface area is 119 Å². The van der Waals surface area contributed by atoms with Gasteiger partial charge in [0.1, 0.15) is 0 Å². The molecule has 2 unspecified atom stereocenters. The van der Waals surface area contributed by atoms with E-state index in [9.17, 15) is 4.79 Å². The first-order chi connectivity index (χ1) is 9.58. The minimum Gasteiger partial charge on any atom is -0.326 e. The van der Waals surface area contributed by atoms with Gasteiger partial charge in [0, 0.05) is 24.8 Å². The molecule has 0 spiro atoms. The van der Waals surface area contributed by atoms with Crippen molar-refractivity contribution in [2.45, 2.75) is 19.4 Å². The number of amides is 1. The fourth-order valence-corrected chi connectivity index (χ4v) is 2.43. The first-order valence-corrected chi connectivity index (χ1v) is 6.82. The lowest BCUT2D eigenvalue weighted by molar-refractivity contribution is -0.117. The molecule has 2 rings (SSSR count). The molecule has 1 aliphatic rings. The molecule has 0 bridgehead atoms. The number of carbonyl (C=O) groups excluding carboxylic acids is 1. The molecule has 5 nitrogen and oxygen atoms in total. The van der Waals surface area contributed by atoms with E-state index >= 15 is 0 Å². The van der Waals surface area contributed by atoms with E-state index in [0.29, 0.717) is 18.9 Å². The number of likely N-dealkylation sites (tertiary alicyclic amines) is 1. The lowest BCUT2D eigenvalue weighted by atomic mass is 10.1. The van der Waals surface area contributed by atoms with Gasteiger partial charge in [-0.15, -0.1) is 0 Å². The van der Waals surface area contributed by atoms with Crippen LogP contribution in [0.4, 0.5) is 5.69 Å². The van der Waals surface area contributed by atoms with Gasteiger partial charge in [0.2, 0.25) is 5.91 Å². The zero-order valence-corrected chi connectivity index (χ0v) is 11.7. The number of benzene rings is 1. The maximum atomic E-state index is 11.9. The summed E-state index contributed by atoms with van der Waals surface area (Å²) in [6, 6.07) is 9.61. The molecule has 0 radical (unpaired) electrons. The van der Waals surface area contributed by atoms with E-state index in [1.807, 2.05) is 24.3 Å². The summed E-state index contributed by atoms with van der Waals surface area (Å²) in [6.07, 6.45) is 0.387. The standard InChI is InChI=1S/C15H20N4O/c1-11-8-19(9-14(11)17)10-15(20)18-13-4-2-12(3-5-13)6-7-16/h2-5,11,14H,6,8-10,17H2,1H3,(H,18,20). The quantitative estimate of drug-likeness (QED) is 0.855. The molecule has 1 amide bonds. The van der Waals surface area contributed by atoms with Crippen molar-refractivity contribution >= 4 is 11.6 Å². The van der Waals surface area contributed by atoms with Crippen molar-refractivity contribution in [3.8, 4) is 6.07 Å². The van der Waals surface area contributed by atoms with E-state index < -0.39 is 0 Å². The van der Waals surface area contributed by atoms with Gasteiger partial charge in [-0.25, -0.2) is 0 Å². The molecule has 1 aromatic rings. The van der Waals surface area contributed by atoms with Crippen molar-refractivity contribution in [3.63, 3.8) is 0 Å². The Kier molecular flexibility index (Phi) is 4.72. The molecule has 0 saturated carbocycles. The highest BCUT2D eigenvalue weighted by atomic mass is 16.2. The zero-order chi connectivity index (χ0) is 14.5. The van der Waals surface area contributed by atoms with Crippen LogP contribution in [0.3, 0.4) is 0 Å². The molecule has 0 aromatic heterocycles. The fourth-order valence-electron chi connectivity index (χ4n) is 2.43. The number of nitriles is 1. The molecule has 5 heteroatoms. The minimum absolute atomic E-state index is 0.0284. The van der Waals surface area contributed by atoms with Crippen LogP contribution in [0.5, 0.6) is 0 Å². The normalized spacial score (nSPS) is 22.4. The first kappa shape index (κ1) is 14.5. The zero-order valence-electron chi connectivity index (χ0n) is 11.7. The largest absolute Gasteiger partial charge is 0.326 e. The second kappa shape index (κ2) is 6.51. The van der Waals surface area contributed by atoms with Gasteiger partial charge in [-0.05, 0) is 23.6 Å². The Balaban J connectivity index is 1.84. The second-order valence-corrected chi connectivity index (χ2v) is 5.42. The third-order valence-corrected chi connectivity index (χ3v) is 3.63. The van der Waals surface area contributed by atoms with Crippen LogP contribution in [0.15, 0.2) is 24.3 Å². The number of hydrogen-bond acceptors (Lipinski definition) is 4. The summed E-state index contributed by atoms with van der Waals surface area (Å²) < 4.78 is 0. The van der Waals surface area contributed by atoms with Crippen LogP contribution in [-0.4, -0.2) is 36.5 Å². The fraction of sp³-hybridized carbons (Fsp3) is 0.467. The van der Waals surface area contributed by atoms with Crippen molar-refractivity contribution in [2.24, 2.45) is 11.7 Å². The monoisotopic (exact) mass is 272 g/mol. The summed E-state index contributed by atoms with van der Waals surface area (Å²) >= 11 is 0. The van der Waals surface area contributed by atoms with Crippen molar-refractivity contribution in [1.82, 2.24) is 4.90 Å². The van der Waals surface area contributed by atoms with Gasteiger partial charge in [-0.1, -0.05) is 19.1 Å². The molecule has 2 atom stereocenters. The molecule has 1 aliphatic heterocycles. The number of anilines is 1. The Morgan fingerprint density at radius 1 is 1.45 bits per heavy atom. The maximum Gasteiger partial charge on any atom is 0.238 e. The van der Waals surface area contributed by atoms with E-state index in [0.717, 1.165) is 24.3 Å². The van der Waals surface area contributed by atoms with Crippen molar-refractivity contribution in [1.29, 1.82) is 5.26 Å². The van der Waals surface area contributed by atoms with Crippen LogP contribution >= 0.6 is 0 Å². The molecule has 1 saturated heterocycles. The lowest BCUT2D eigenvalue weighted by Gasteiger charge is -2.14. The van der Waals surface area contributed by atoms with Gasteiger partial charge < -0.3 is 11.1 Å². The van der Waals surface area contributed by atoms with Gasteiger partial charge in [0.05, 0.1) is 19.0 Å². The SMILES string of the molecule is CC1CN(CC(=O)Nc2ccc(CC#N)cc2)CC1N. The number of hydrogen-bond donors (Lipinski definition) is 2. The number of nitrogens with two attached hydrogens (primary N) is 1. The summed E-state index contributed by atoms with van der Waals surface area (Å²) in [5.74, 6) is 0.410. The molecule has 1 fully saturated rings. The molecule has 1 aromatic carbocycles. The number of nitrogens with one attached hydrogen (secondary N) is 1. The van der Waals surface area contributed by atoms with Crippen LogP contribution in [0, 0.1) is 17.2 Å². The lowest BCUT2D eigenvalue weighted by Crippen LogP contribution is -2.33. The van der Waals surface area contributed by atoms with Gasteiger partial charge in [0.15, 0.2) is 0 Å². The molecule has 20 heavy (non-hydrogen) atoms. The molecular weight excluding hydrogens is 252 g/mol. The van der Waals surface area contributed by atoms with Crippen molar-refractivity contribution < 1.29 is 4.79 Å². The Morgan fingerprint density at radius 3 is 2.70 bits per heavy atom. The highest BCUT2D eigenvalue weighted by molar-refractivity contribution is 5.92. The van der Waals surface area contributed by atoms with Crippen molar-refractivity contribution in [3.05, 3.63) is 29.8 Å². The highest BCUT2D eigenvalue weighted by Crippen LogP contribution is 2.14. The topological polar surface area (TPSA) is 82.2 Å². The Bertz CT molecular complexity index is 496. The number of nitrogens with zero attached hydrogens (tertiary/aromatic N) is 2. The predicted molar refractivity (Wildman–Crippen MR) is 78.0 cm³/mol. The average Bonchev–Trinajstić information content (AvgIpc) is 2.71. The van der Waals surface area contributed by atoms with Crippen LogP contribution < -0.4 is 11.1 Å². The summed E-state index contributed by atoms with van der Waals surface area (Å²) in [5.41, 5.74) is 7.65.